The Kier molecular flexibility index (Phi) is 10.3. The molecule has 3 aliphatic rings. The molecule has 0 N–H and O–H groups in total. The average Bonchev–Trinajstić information content (AvgIpc) is 3.96. The maximum atomic E-state index is 2.59. The number of hydrogen-bond donors (Lipinski definition) is 0. The van der Waals surface area contributed by atoms with Crippen molar-refractivity contribution in [2.45, 2.75) is 24.3 Å². The molecule has 2 unspecified atom stereocenters. The van der Waals surface area contributed by atoms with Gasteiger partial charge in [-0.2, -0.15) is 0 Å². The Morgan fingerprint density at radius 3 is 1.80 bits per heavy atom. The van der Waals surface area contributed by atoms with Crippen molar-refractivity contribution in [3.8, 4) is 44.5 Å². The third kappa shape index (κ3) is 6.97. The summed E-state index contributed by atoms with van der Waals surface area (Å²) in [5.74, 6) is 0.415. The highest BCUT2D eigenvalue weighted by Gasteiger charge is 2.46. The number of thiophene rings is 1. The summed E-state index contributed by atoms with van der Waals surface area (Å²) in [5, 5.41) is 2.62. The van der Waals surface area contributed by atoms with E-state index in [-0.39, 0.29) is 6.04 Å². The lowest BCUT2D eigenvalue weighted by Gasteiger charge is -2.37. The predicted molar refractivity (Wildman–Crippen MR) is 294 cm³/mol. The topological polar surface area (TPSA) is 3.24 Å². The Hall–Kier alpha value is -8.04. The van der Waals surface area contributed by atoms with Crippen LogP contribution in [0.5, 0.6) is 0 Å². The van der Waals surface area contributed by atoms with Gasteiger partial charge in [-0.3, -0.25) is 0 Å². The Morgan fingerprint density at radius 1 is 0.449 bits per heavy atom. The van der Waals surface area contributed by atoms with E-state index in [1.807, 2.05) is 11.3 Å². The molecule has 10 aromatic rings. The Balaban J connectivity index is 0.959. The molecule has 69 heavy (non-hydrogen) atoms. The maximum absolute atomic E-state index is 2.59. The van der Waals surface area contributed by atoms with Crippen LogP contribution in [0.3, 0.4) is 0 Å². The second kappa shape index (κ2) is 17.2. The molecule has 0 saturated heterocycles. The summed E-state index contributed by atoms with van der Waals surface area (Å²) in [6.07, 6.45) is 18.3. The van der Waals surface area contributed by atoms with Crippen LogP contribution >= 0.6 is 11.3 Å². The smallest absolute Gasteiger partial charge is 0.0714 e. The molecule has 0 amide bonds. The fourth-order valence-corrected chi connectivity index (χ4v) is 12.9. The monoisotopic (exact) mass is 899 g/mol. The normalized spacial score (nSPS) is 16.6. The fourth-order valence-electron chi connectivity index (χ4n) is 11.6. The molecular formula is C67H49NS. The van der Waals surface area contributed by atoms with E-state index in [9.17, 15) is 0 Å². The first kappa shape index (κ1) is 41.2. The van der Waals surface area contributed by atoms with E-state index in [2.05, 4.69) is 266 Å². The zero-order chi connectivity index (χ0) is 45.7. The summed E-state index contributed by atoms with van der Waals surface area (Å²) in [6, 6.07) is 81.5. The van der Waals surface area contributed by atoms with Gasteiger partial charge in [-0.05, 0) is 110 Å². The lowest BCUT2D eigenvalue weighted by molar-refractivity contribution is 0.729. The van der Waals surface area contributed by atoms with Gasteiger partial charge in [0.05, 0.1) is 11.5 Å². The van der Waals surface area contributed by atoms with Crippen LogP contribution in [0.2, 0.25) is 0 Å². The standard InChI is InChI=1S/C67H49NS/c1-5-17-46(18-6-1)48-29-31-51(32-30-48)65-57(43-44-61-60-26-14-16-28-64(60)69-66(61)65)50-35-39-55(40-36-50)68(54-37-33-49(34-38-54)47-19-7-2-8-20-47)56-41-42-59-58-25-13-15-27-62(58)67(63(59)45-56,52-21-9-3-10-22-52)53-23-11-4-12-24-53/h1-19,21-37,39-45,47,54H,20,38H2. The fraction of sp³-hybridized carbons (Fsp3) is 0.0746. The van der Waals surface area contributed by atoms with Crippen LogP contribution in [0.1, 0.15) is 35.1 Å². The van der Waals surface area contributed by atoms with Crippen molar-refractivity contribution in [2.75, 3.05) is 4.90 Å². The Bertz CT molecular complexity index is 3610. The van der Waals surface area contributed by atoms with Gasteiger partial charge in [-0.15, -0.1) is 11.3 Å². The van der Waals surface area contributed by atoms with Gasteiger partial charge in [0.25, 0.3) is 0 Å². The van der Waals surface area contributed by atoms with Crippen molar-refractivity contribution in [3.05, 3.63) is 289 Å². The molecule has 1 heterocycles. The number of hydrogen-bond acceptors (Lipinski definition) is 2. The van der Waals surface area contributed by atoms with Crippen molar-refractivity contribution in [1.82, 2.24) is 0 Å². The second-order valence-corrected chi connectivity index (χ2v) is 19.7. The summed E-state index contributed by atoms with van der Waals surface area (Å²) in [6.45, 7) is 0. The van der Waals surface area contributed by atoms with Gasteiger partial charge in [-0.1, -0.05) is 231 Å². The van der Waals surface area contributed by atoms with Crippen molar-refractivity contribution in [3.63, 3.8) is 0 Å². The third-order valence-electron chi connectivity index (χ3n) is 14.9. The highest BCUT2D eigenvalue weighted by Crippen LogP contribution is 2.57. The zero-order valence-electron chi connectivity index (χ0n) is 38.3. The predicted octanol–water partition coefficient (Wildman–Crippen LogP) is 17.9. The van der Waals surface area contributed by atoms with Crippen LogP contribution in [0.15, 0.2) is 266 Å². The van der Waals surface area contributed by atoms with Crippen LogP contribution in [-0.4, -0.2) is 6.04 Å². The quantitative estimate of drug-likeness (QED) is 0.140. The lowest BCUT2D eigenvalue weighted by atomic mass is 9.67. The molecule has 3 aliphatic carbocycles. The Labute approximate surface area is 409 Å². The van der Waals surface area contributed by atoms with Gasteiger partial charge in [0.15, 0.2) is 0 Å². The molecule has 328 valence electrons. The minimum Gasteiger partial charge on any atom is -0.334 e. The van der Waals surface area contributed by atoms with E-state index in [4.69, 9.17) is 0 Å². The molecular weight excluding hydrogens is 851 g/mol. The van der Waals surface area contributed by atoms with E-state index in [1.165, 1.54) is 104 Å². The average molecular weight is 900 g/mol. The van der Waals surface area contributed by atoms with Crippen LogP contribution in [0.25, 0.3) is 64.7 Å². The molecule has 0 spiro atoms. The molecule has 13 rings (SSSR count). The number of rotatable bonds is 9. The van der Waals surface area contributed by atoms with E-state index < -0.39 is 5.41 Å². The largest absolute Gasteiger partial charge is 0.334 e. The minimum absolute atomic E-state index is 0.112. The van der Waals surface area contributed by atoms with Crippen LogP contribution in [-0.2, 0) is 5.41 Å². The van der Waals surface area contributed by atoms with Gasteiger partial charge >= 0.3 is 0 Å². The van der Waals surface area contributed by atoms with Crippen molar-refractivity contribution in [1.29, 1.82) is 0 Å². The molecule has 9 aromatic carbocycles. The van der Waals surface area contributed by atoms with Crippen LogP contribution in [0, 0.1) is 5.92 Å². The molecule has 0 radical (unpaired) electrons. The highest BCUT2D eigenvalue weighted by atomic mass is 32.1. The first-order valence-electron chi connectivity index (χ1n) is 24.3. The van der Waals surface area contributed by atoms with Crippen LogP contribution < -0.4 is 4.90 Å². The van der Waals surface area contributed by atoms with Crippen molar-refractivity contribution in [2.24, 2.45) is 5.92 Å². The second-order valence-electron chi connectivity index (χ2n) is 18.6. The number of anilines is 2. The van der Waals surface area contributed by atoms with Gasteiger partial charge in [0.2, 0.25) is 0 Å². The van der Waals surface area contributed by atoms with E-state index >= 15 is 0 Å². The molecule has 0 aliphatic heterocycles. The molecule has 1 nitrogen and oxygen atoms in total. The summed E-state index contributed by atoms with van der Waals surface area (Å²) in [5.41, 5.74) is 18.4. The van der Waals surface area contributed by atoms with Gasteiger partial charge in [-0.25, -0.2) is 0 Å². The summed E-state index contributed by atoms with van der Waals surface area (Å²) >= 11 is 1.90. The minimum atomic E-state index is -0.489. The summed E-state index contributed by atoms with van der Waals surface area (Å²) in [7, 11) is 0. The van der Waals surface area contributed by atoms with Gasteiger partial charge < -0.3 is 4.90 Å². The van der Waals surface area contributed by atoms with Crippen molar-refractivity contribution >= 4 is 42.9 Å². The SMILES string of the molecule is C1=CCC(C2=CCC(N(c3ccc(-c4ccc5c(sc6ccccc65)c4-c4ccc(-c5ccccc5)cc4)cc3)c3ccc4c(c3)C(c3ccccc3)(c3ccccc3)c3ccccc3-4)C=C2)C=C1. The molecule has 0 saturated carbocycles. The Morgan fingerprint density at radius 2 is 1.07 bits per heavy atom. The maximum Gasteiger partial charge on any atom is 0.0714 e. The molecule has 0 fully saturated rings. The van der Waals surface area contributed by atoms with Crippen molar-refractivity contribution < 1.29 is 0 Å². The number of benzene rings is 9. The lowest BCUT2D eigenvalue weighted by Crippen LogP contribution is -2.32. The molecule has 0 bridgehead atoms. The van der Waals surface area contributed by atoms with Gasteiger partial charge in [0.1, 0.15) is 0 Å². The zero-order valence-corrected chi connectivity index (χ0v) is 39.1. The number of fused-ring (bicyclic) bond motifs is 6. The summed E-state index contributed by atoms with van der Waals surface area (Å²) < 4.78 is 2.64. The van der Waals surface area contributed by atoms with E-state index in [0.29, 0.717) is 5.92 Å². The molecule has 2 heteroatoms. The first-order chi connectivity index (χ1) is 34.2. The highest BCUT2D eigenvalue weighted by molar-refractivity contribution is 7.26. The number of nitrogens with zero attached hydrogens (tertiary/aromatic N) is 1. The first-order valence-corrected chi connectivity index (χ1v) is 25.1. The van der Waals surface area contributed by atoms with Gasteiger partial charge in [0, 0.05) is 43.0 Å². The van der Waals surface area contributed by atoms with E-state index in [0.717, 1.165) is 12.8 Å². The van der Waals surface area contributed by atoms with E-state index in [1.54, 1.807) is 0 Å². The third-order valence-corrected chi connectivity index (χ3v) is 16.1. The van der Waals surface area contributed by atoms with Crippen LogP contribution in [0.4, 0.5) is 11.4 Å². The summed E-state index contributed by atoms with van der Waals surface area (Å²) in [4.78, 5) is 2.59. The molecule has 2 atom stereocenters. The molecule has 1 aromatic heterocycles. The number of allylic oxidation sites excluding steroid dienone is 6.